The van der Waals surface area contributed by atoms with Gasteiger partial charge in [0.05, 0.1) is 11.4 Å². The first kappa shape index (κ1) is 17.7. The topological polar surface area (TPSA) is 99.9 Å². The molecule has 0 saturated carbocycles. The van der Waals surface area contributed by atoms with Gasteiger partial charge in [-0.05, 0) is 40.8 Å². The van der Waals surface area contributed by atoms with Crippen molar-refractivity contribution in [3.05, 3.63) is 59.8 Å². The van der Waals surface area contributed by atoms with Crippen molar-refractivity contribution in [2.24, 2.45) is 0 Å². The lowest BCUT2D eigenvalue weighted by Crippen LogP contribution is -2.36. The number of carbonyl (C=O) groups is 1. The zero-order valence-corrected chi connectivity index (χ0v) is 16.3. The number of benzene rings is 2. The van der Waals surface area contributed by atoms with Crippen LogP contribution in [0.3, 0.4) is 0 Å². The highest BCUT2D eigenvalue weighted by Gasteiger charge is 2.24. The van der Waals surface area contributed by atoms with Crippen molar-refractivity contribution in [3.8, 4) is 11.4 Å². The van der Waals surface area contributed by atoms with E-state index in [2.05, 4.69) is 32.6 Å². The number of carbonyl (C=O) groups excluding carboxylic acids is 1. The summed E-state index contributed by atoms with van der Waals surface area (Å²) in [5, 5.41) is 22.9. The number of tetrazole rings is 1. The van der Waals surface area contributed by atoms with Gasteiger partial charge < -0.3 is 15.0 Å². The summed E-state index contributed by atoms with van der Waals surface area (Å²) in [7, 11) is 0. The molecule has 0 radical (unpaired) electrons. The lowest BCUT2D eigenvalue weighted by atomic mass is 10.0. The van der Waals surface area contributed by atoms with Gasteiger partial charge in [0, 0.05) is 41.7 Å². The zero-order valence-electron chi connectivity index (χ0n) is 15.4. The van der Waals surface area contributed by atoms with E-state index in [9.17, 15) is 9.90 Å². The lowest BCUT2D eigenvalue weighted by Gasteiger charge is -2.27. The van der Waals surface area contributed by atoms with Crippen LogP contribution in [0.5, 0.6) is 5.75 Å². The van der Waals surface area contributed by atoms with E-state index in [-0.39, 0.29) is 17.4 Å². The number of H-pyrrole nitrogens is 1. The van der Waals surface area contributed by atoms with Gasteiger partial charge in [-0.15, -0.1) is 5.10 Å². The van der Waals surface area contributed by atoms with E-state index in [0.29, 0.717) is 18.2 Å². The van der Waals surface area contributed by atoms with E-state index in [4.69, 9.17) is 0 Å². The van der Waals surface area contributed by atoms with Crippen molar-refractivity contribution in [3.63, 3.8) is 0 Å². The van der Waals surface area contributed by atoms with Crippen LogP contribution in [0.15, 0.2) is 53.7 Å². The molecule has 0 fully saturated rings. The minimum atomic E-state index is 0.0613. The molecule has 2 N–H and O–H groups in total. The lowest BCUT2D eigenvalue weighted by molar-refractivity contribution is -0.129. The molecule has 8 nitrogen and oxygen atoms in total. The summed E-state index contributed by atoms with van der Waals surface area (Å²) in [4.78, 5) is 18.2. The molecule has 9 heteroatoms. The zero-order chi connectivity index (χ0) is 19.8. The standard InChI is InChI=1S/C20H18N6O2S/c27-14-7-5-13(6-8-14)26-20(22-23-24-26)29-12-19(28)25-10-9-18-16(11-25)15-3-1-2-4-17(15)21-18/h1-8,21,27H,9-12H2. The largest absolute Gasteiger partial charge is 0.508 e. The quantitative estimate of drug-likeness (QED) is 0.505. The van der Waals surface area contributed by atoms with Crippen molar-refractivity contribution in [1.82, 2.24) is 30.1 Å². The smallest absolute Gasteiger partial charge is 0.233 e. The summed E-state index contributed by atoms with van der Waals surface area (Å²) in [5.41, 5.74) is 4.27. The Labute approximate surface area is 170 Å². The van der Waals surface area contributed by atoms with E-state index in [1.165, 1.54) is 28.4 Å². The second-order valence-electron chi connectivity index (χ2n) is 6.87. The Morgan fingerprint density at radius 1 is 1.17 bits per heavy atom. The predicted molar refractivity (Wildman–Crippen MR) is 109 cm³/mol. The molecular weight excluding hydrogens is 388 g/mol. The fraction of sp³-hybridized carbons (Fsp3) is 0.200. The summed E-state index contributed by atoms with van der Waals surface area (Å²) >= 11 is 1.31. The molecule has 0 unspecified atom stereocenters. The Hall–Kier alpha value is -3.33. The van der Waals surface area contributed by atoms with Gasteiger partial charge in [0.2, 0.25) is 11.1 Å². The molecule has 1 aliphatic heterocycles. The van der Waals surface area contributed by atoms with Gasteiger partial charge in [-0.2, -0.15) is 4.68 Å². The second kappa shape index (κ2) is 7.25. The van der Waals surface area contributed by atoms with E-state index in [1.807, 2.05) is 17.0 Å². The number of hydrogen-bond acceptors (Lipinski definition) is 6. The summed E-state index contributed by atoms with van der Waals surface area (Å²) in [6.45, 7) is 1.31. The van der Waals surface area contributed by atoms with Crippen LogP contribution in [0.25, 0.3) is 16.6 Å². The summed E-state index contributed by atoms with van der Waals surface area (Å²) in [6, 6.07) is 14.8. The number of amides is 1. The molecule has 0 bridgehead atoms. The maximum atomic E-state index is 12.8. The van der Waals surface area contributed by atoms with E-state index in [0.717, 1.165) is 17.6 Å². The molecule has 2 aromatic carbocycles. The van der Waals surface area contributed by atoms with Crippen LogP contribution < -0.4 is 0 Å². The van der Waals surface area contributed by atoms with Crippen LogP contribution >= 0.6 is 11.8 Å². The predicted octanol–water partition coefficient (Wildman–Crippen LogP) is 2.53. The molecule has 146 valence electrons. The first-order valence-corrected chi connectivity index (χ1v) is 10.2. The van der Waals surface area contributed by atoms with Crippen molar-refractivity contribution >= 4 is 28.6 Å². The minimum Gasteiger partial charge on any atom is -0.508 e. The van der Waals surface area contributed by atoms with Crippen molar-refractivity contribution in [2.75, 3.05) is 12.3 Å². The number of aromatic amines is 1. The minimum absolute atomic E-state index is 0.0613. The number of rotatable bonds is 4. The number of hydrogen-bond donors (Lipinski definition) is 2. The molecule has 3 heterocycles. The molecule has 1 aliphatic rings. The number of phenols is 1. The highest BCUT2D eigenvalue weighted by molar-refractivity contribution is 7.99. The molecule has 0 saturated heterocycles. The number of aromatic hydroxyl groups is 1. The van der Waals surface area contributed by atoms with Gasteiger partial charge in [-0.1, -0.05) is 30.0 Å². The normalized spacial score (nSPS) is 13.6. The molecular formula is C20H18N6O2S. The third kappa shape index (κ3) is 3.33. The number of phenolic OH excluding ortho intramolecular Hbond substituents is 1. The van der Waals surface area contributed by atoms with Gasteiger partial charge in [-0.3, -0.25) is 4.79 Å². The molecule has 4 aromatic rings. The number of thioether (sulfide) groups is 1. The average molecular weight is 406 g/mol. The van der Waals surface area contributed by atoms with Crippen LogP contribution in [0.4, 0.5) is 0 Å². The summed E-state index contributed by atoms with van der Waals surface area (Å²) < 4.78 is 1.56. The highest BCUT2D eigenvalue weighted by atomic mass is 32.2. The molecule has 0 aliphatic carbocycles. The monoisotopic (exact) mass is 406 g/mol. The molecule has 1 amide bonds. The van der Waals surface area contributed by atoms with E-state index < -0.39 is 0 Å². The Morgan fingerprint density at radius 2 is 2.00 bits per heavy atom. The number of para-hydroxylation sites is 1. The first-order chi connectivity index (χ1) is 14.2. The van der Waals surface area contributed by atoms with Crippen LogP contribution in [-0.4, -0.2) is 53.4 Å². The van der Waals surface area contributed by atoms with Gasteiger partial charge in [-0.25, -0.2) is 0 Å². The Bertz CT molecular complexity index is 1180. The third-order valence-corrected chi connectivity index (χ3v) is 6.00. The first-order valence-electron chi connectivity index (χ1n) is 9.26. The van der Waals surface area contributed by atoms with Crippen LogP contribution in [-0.2, 0) is 17.8 Å². The molecule has 2 aromatic heterocycles. The Balaban J connectivity index is 1.29. The average Bonchev–Trinajstić information content (AvgIpc) is 3.36. The highest BCUT2D eigenvalue weighted by Crippen LogP contribution is 2.28. The number of nitrogens with one attached hydrogen (secondary N) is 1. The Morgan fingerprint density at radius 3 is 2.86 bits per heavy atom. The Kier molecular flexibility index (Phi) is 4.44. The molecule has 0 atom stereocenters. The SMILES string of the molecule is O=C(CSc1nnnn1-c1ccc(O)cc1)N1CCc2[nH]c3ccccc3c2C1. The van der Waals surface area contributed by atoms with Gasteiger partial charge in [0.25, 0.3) is 0 Å². The fourth-order valence-electron chi connectivity index (χ4n) is 3.62. The molecule has 0 spiro atoms. The maximum absolute atomic E-state index is 12.8. The van der Waals surface area contributed by atoms with Gasteiger partial charge >= 0.3 is 0 Å². The summed E-state index contributed by atoms with van der Waals surface area (Å²) in [6.07, 6.45) is 0.825. The van der Waals surface area contributed by atoms with E-state index >= 15 is 0 Å². The third-order valence-electron chi connectivity index (χ3n) is 5.10. The van der Waals surface area contributed by atoms with Crippen molar-refractivity contribution < 1.29 is 9.90 Å². The fourth-order valence-corrected chi connectivity index (χ4v) is 4.42. The van der Waals surface area contributed by atoms with E-state index in [1.54, 1.807) is 28.9 Å². The van der Waals surface area contributed by atoms with Crippen LogP contribution in [0.1, 0.15) is 11.3 Å². The maximum Gasteiger partial charge on any atom is 0.233 e. The van der Waals surface area contributed by atoms with Crippen molar-refractivity contribution in [1.29, 1.82) is 0 Å². The van der Waals surface area contributed by atoms with Crippen LogP contribution in [0, 0.1) is 0 Å². The number of aromatic nitrogens is 5. The van der Waals surface area contributed by atoms with Gasteiger partial charge in [0.1, 0.15) is 5.75 Å². The van der Waals surface area contributed by atoms with Gasteiger partial charge in [0.15, 0.2) is 0 Å². The second-order valence-corrected chi connectivity index (χ2v) is 7.81. The number of nitrogens with zero attached hydrogens (tertiary/aromatic N) is 5. The summed E-state index contributed by atoms with van der Waals surface area (Å²) in [5.74, 6) is 0.495. The molecule has 29 heavy (non-hydrogen) atoms. The van der Waals surface area contributed by atoms with Crippen molar-refractivity contribution in [2.45, 2.75) is 18.1 Å². The van der Waals surface area contributed by atoms with Crippen LogP contribution in [0.2, 0.25) is 0 Å². The molecule has 5 rings (SSSR count). The number of fused-ring (bicyclic) bond motifs is 3.